The normalized spacial score (nSPS) is 18.3. The fourth-order valence-electron chi connectivity index (χ4n) is 15.2. The molecule has 0 aromatic heterocycles. The molecule has 0 bridgehead atoms. The van der Waals surface area contributed by atoms with Gasteiger partial charge in [0.1, 0.15) is 0 Å². The SMILES string of the molecule is O=P(OP(c1ccccc1)(c1ccccc1)(c1ccccc1)C1CCCC1)(OP(c1ccccc1)(c1ccccc1)(c1ccccc1)C1CCCC1)OP(c1ccccc1)(c1ccccc1)(c1ccccc1)C1CCCC1. The number of benzene rings is 9. The summed E-state index contributed by atoms with van der Waals surface area (Å²) in [6, 6.07) is 98.5. The van der Waals surface area contributed by atoms with E-state index in [4.69, 9.17) is 0 Å². The molecule has 3 saturated carbocycles. The second-order valence-corrected chi connectivity index (χ2v) is 38.1. The van der Waals surface area contributed by atoms with Crippen LogP contribution < -0.4 is 47.7 Å². The Bertz CT molecular complexity index is 2750. The van der Waals surface area contributed by atoms with Gasteiger partial charge in [-0.25, -0.2) is 0 Å². The zero-order valence-corrected chi connectivity index (χ0v) is 47.7. The van der Waals surface area contributed by atoms with Crippen LogP contribution in [0.4, 0.5) is 0 Å². The third kappa shape index (κ3) is 7.88. The van der Waals surface area contributed by atoms with Gasteiger partial charge in [0.15, 0.2) is 0 Å². The topological polar surface area (TPSA) is 44.8 Å². The molecule has 0 heterocycles. The number of hydrogen-bond donors (Lipinski definition) is 0. The Morgan fingerprint density at radius 1 is 0.234 bits per heavy atom. The molecule has 8 heteroatoms. The van der Waals surface area contributed by atoms with E-state index in [9.17, 15) is 12.9 Å². The predicted octanol–water partition coefficient (Wildman–Crippen LogP) is 15.3. The summed E-state index contributed by atoms with van der Waals surface area (Å²) in [6.45, 7) is -14.0. The van der Waals surface area contributed by atoms with Gasteiger partial charge in [0.25, 0.3) is 0 Å². The van der Waals surface area contributed by atoms with Crippen molar-refractivity contribution >= 4 is 76.1 Å². The molecule has 3 aliphatic carbocycles. The van der Waals surface area contributed by atoms with Crippen LogP contribution in [0.25, 0.3) is 0 Å². The Kier molecular flexibility index (Phi) is 14.4. The van der Waals surface area contributed by atoms with Crippen LogP contribution >= 0.6 is 28.3 Å². The summed E-state index contributed by atoms with van der Waals surface area (Å²) in [5.41, 5.74) is -0.253. The summed E-state index contributed by atoms with van der Waals surface area (Å²) in [6.07, 6.45) is 11.4. The van der Waals surface area contributed by atoms with Crippen molar-refractivity contribution in [3.8, 4) is 0 Å². The van der Waals surface area contributed by atoms with Crippen molar-refractivity contribution in [1.29, 1.82) is 0 Å². The molecule has 4 nitrogen and oxygen atoms in total. The average Bonchev–Trinajstić information content (AvgIpc) is 4.54. The molecule has 3 aliphatic rings. The Balaban J connectivity index is 1.34. The van der Waals surface area contributed by atoms with Gasteiger partial charge < -0.3 is 0 Å². The molecule has 0 radical (unpaired) electrons. The minimum atomic E-state index is -5.25. The molecule has 0 saturated heterocycles. The monoisotopic (exact) mass is 1090 g/mol. The van der Waals surface area contributed by atoms with Gasteiger partial charge in [-0.15, -0.1) is 0 Å². The van der Waals surface area contributed by atoms with Gasteiger partial charge in [-0.2, -0.15) is 0 Å². The number of hydrogen-bond acceptors (Lipinski definition) is 4. The summed E-state index contributed by atoms with van der Waals surface area (Å²) >= 11 is 0. The first kappa shape index (κ1) is 52.1. The number of phosphoric acid groups is 1. The molecule has 9 aromatic rings. The maximum absolute atomic E-state index is 20.1. The van der Waals surface area contributed by atoms with Crippen molar-refractivity contribution in [1.82, 2.24) is 0 Å². The van der Waals surface area contributed by atoms with Crippen LogP contribution in [0, 0.1) is 0 Å². The molecule has 0 spiro atoms. The van der Waals surface area contributed by atoms with E-state index < -0.39 is 28.3 Å². The van der Waals surface area contributed by atoms with E-state index in [1.807, 2.05) is 0 Å². The van der Waals surface area contributed by atoms with E-state index in [0.717, 1.165) is 125 Å². The Morgan fingerprint density at radius 2 is 0.364 bits per heavy atom. The van der Waals surface area contributed by atoms with E-state index in [2.05, 4.69) is 273 Å². The van der Waals surface area contributed by atoms with Gasteiger partial charge in [-0.3, -0.25) is 0 Å². The quantitative estimate of drug-likeness (QED) is 0.0803. The first-order chi connectivity index (χ1) is 37.9. The van der Waals surface area contributed by atoms with Crippen molar-refractivity contribution in [3.63, 3.8) is 0 Å². The van der Waals surface area contributed by atoms with E-state index in [1.54, 1.807) is 0 Å². The van der Waals surface area contributed by atoms with Crippen molar-refractivity contribution < 1.29 is 17.5 Å². The van der Waals surface area contributed by atoms with Gasteiger partial charge in [0.2, 0.25) is 0 Å². The summed E-state index contributed by atoms with van der Waals surface area (Å²) in [5, 5.41) is 9.22. The Hall–Kier alpha value is -5.62. The molecule has 77 heavy (non-hydrogen) atoms. The van der Waals surface area contributed by atoms with Crippen molar-refractivity contribution in [3.05, 3.63) is 273 Å². The second kappa shape index (κ2) is 21.2. The van der Waals surface area contributed by atoms with Crippen molar-refractivity contribution in [2.45, 2.75) is 94.0 Å². The number of rotatable bonds is 18. The summed E-state index contributed by atoms with van der Waals surface area (Å²) in [4.78, 5) is 0. The maximum atomic E-state index is 20.1. The molecule has 3 fully saturated rings. The molecule has 0 atom stereocenters. The van der Waals surface area contributed by atoms with Crippen LogP contribution in [0.5, 0.6) is 0 Å². The first-order valence-electron chi connectivity index (χ1n) is 28.2. The molecular formula is C69H72O4P4. The fraction of sp³-hybridized carbons (Fsp3) is 0.217. The molecule has 9 aromatic carbocycles. The van der Waals surface area contributed by atoms with Crippen LogP contribution in [-0.2, 0) is 17.5 Å². The molecule has 0 unspecified atom stereocenters. The fourth-order valence-corrected chi connectivity index (χ4v) is 43.8. The van der Waals surface area contributed by atoms with Crippen LogP contribution in [-0.4, -0.2) is 17.0 Å². The van der Waals surface area contributed by atoms with E-state index in [1.165, 1.54) is 0 Å². The molecule has 0 aliphatic heterocycles. The summed E-state index contributed by atoms with van der Waals surface area (Å²) in [5.74, 6) is 0. The van der Waals surface area contributed by atoms with Crippen molar-refractivity contribution in [2.24, 2.45) is 0 Å². The zero-order valence-electron chi connectivity index (χ0n) is 44.1. The van der Waals surface area contributed by atoms with Crippen molar-refractivity contribution in [2.75, 3.05) is 0 Å². The van der Waals surface area contributed by atoms with Gasteiger partial charge in [0, 0.05) is 0 Å². The summed E-state index contributed by atoms with van der Waals surface area (Å²) < 4.78 is 47.7. The van der Waals surface area contributed by atoms with Crippen LogP contribution in [0.3, 0.4) is 0 Å². The third-order valence-corrected chi connectivity index (χ3v) is 42.4. The third-order valence-electron chi connectivity index (χ3n) is 18.3. The zero-order chi connectivity index (χ0) is 52.2. The first-order valence-corrected chi connectivity index (χ1v) is 36.3. The molecule has 0 amide bonds. The van der Waals surface area contributed by atoms with Crippen LogP contribution in [0.2, 0.25) is 0 Å². The molecule has 12 rings (SSSR count). The molecule has 0 N–H and O–H groups in total. The Morgan fingerprint density at radius 3 is 0.494 bits per heavy atom. The predicted molar refractivity (Wildman–Crippen MR) is 333 cm³/mol. The van der Waals surface area contributed by atoms with Crippen LogP contribution in [0.1, 0.15) is 77.0 Å². The second-order valence-electron chi connectivity index (χ2n) is 21.8. The van der Waals surface area contributed by atoms with E-state index in [0.29, 0.717) is 0 Å². The van der Waals surface area contributed by atoms with E-state index >= 15 is 4.57 Å². The molecular weight excluding hydrogens is 1020 g/mol. The minimum absolute atomic E-state index is 0.0842. The van der Waals surface area contributed by atoms with Gasteiger partial charge in [-0.1, -0.05) is 0 Å². The van der Waals surface area contributed by atoms with Gasteiger partial charge in [0.05, 0.1) is 0 Å². The standard InChI is InChI=1S/C69H72O4P4/c70-74(71-75(67-52-28-29-53-67,58-34-10-1-11-35-58,59-36-12-2-13-37-59)60-38-14-3-15-39-60,72-76(68-54-30-31-55-68,61-40-16-4-17-41-61,62-42-18-5-19-43-62)63-44-20-6-21-45-63)73-77(69-56-32-33-57-69,64-46-22-7-23-47-64,65-48-24-8-25-49-65)66-50-26-9-27-51-66/h1-27,34-51,67-69H,28-33,52-57H2. The average molecular weight is 1090 g/mol. The Labute approximate surface area is 458 Å². The summed E-state index contributed by atoms with van der Waals surface area (Å²) in [7, 11) is -5.25. The van der Waals surface area contributed by atoms with Gasteiger partial charge >= 0.3 is 461 Å². The molecule has 392 valence electrons. The van der Waals surface area contributed by atoms with E-state index in [-0.39, 0.29) is 17.0 Å². The van der Waals surface area contributed by atoms with Crippen LogP contribution in [0.15, 0.2) is 273 Å². The van der Waals surface area contributed by atoms with Gasteiger partial charge in [-0.05, 0) is 0 Å².